The molecule has 19 heavy (non-hydrogen) atoms. The molecule has 0 spiro atoms. The van der Waals surface area contributed by atoms with Gasteiger partial charge in [-0.15, -0.1) is 11.8 Å². The van der Waals surface area contributed by atoms with Crippen molar-refractivity contribution in [2.24, 2.45) is 0 Å². The number of halogens is 1. The highest BCUT2D eigenvalue weighted by atomic mass is 32.2. The van der Waals surface area contributed by atoms with E-state index < -0.39 is 15.7 Å². The first-order valence-corrected chi connectivity index (χ1v) is 8.69. The van der Waals surface area contributed by atoms with Crippen molar-refractivity contribution in [3.05, 3.63) is 30.1 Å². The molecule has 0 bridgehead atoms. The van der Waals surface area contributed by atoms with Gasteiger partial charge in [0.15, 0.2) is 9.84 Å². The highest BCUT2D eigenvalue weighted by molar-refractivity contribution is 8.02. The fraction of sp³-hybridized carbons (Fsp3) is 0.417. The molecule has 0 aliphatic carbocycles. The van der Waals surface area contributed by atoms with Gasteiger partial charge in [-0.25, -0.2) is 12.8 Å². The van der Waals surface area contributed by atoms with Crippen molar-refractivity contribution in [2.45, 2.75) is 11.7 Å². The van der Waals surface area contributed by atoms with E-state index in [0.29, 0.717) is 12.1 Å². The summed E-state index contributed by atoms with van der Waals surface area (Å²) in [5.74, 6) is -0.134. The van der Waals surface area contributed by atoms with Gasteiger partial charge >= 0.3 is 0 Å². The van der Waals surface area contributed by atoms with Crippen molar-refractivity contribution in [3.8, 4) is 0 Å². The molecule has 1 fully saturated rings. The number of carbonyl (C=O) groups is 1. The molecule has 1 saturated heterocycles. The first-order valence-electron chi connectivity index (χ1n) is 5.82. The van der Waals surface area contributed by atoms with Crippen LogP contribution in [0.25, 0.3) is 0 Å². The van der Waals surface area contributed by atoms with Crippen LogP contribution in [0.4, 0.5) is 10.1 Å². The van der Waals surface area contributed by atoms with E-state index in [1.807, 2.05) is 0 Å². The number of hydrogen-bond donors (Lipinski definition) is 1. The minimum Gasteiger partial charge on any atom is -0.325 e. The van der Waals surface area contributed by atoms with Gasteiger partial charge in [0.1, 0.15) is 5.82 Å². The van der Waals surface area contributed by atoms with Gasteiger partial charge in [0, 0.05) is 10.9 Å². The summed E-state index contributed by atoms with van der Waals surface area (Å²) in [4.78, 5) is 11.6. The maximum Gasteiger partial charge on any atom is 0.234 e. The maximum atomic E-state index is 12.9. The highest BCUT2D eigenvalue weighted by Crippen LogP contribution is 2.24. The van der Waals surface area contributed by atoms with Crippen LogP contribution >= 0.6 is 11.8 Å². The Morgan fingerprint density at radius 1 is 1.47 bits per heavy atom. The van der Waals surface area contributed by atoms with Crippen molar-refractivity contribution in [1.29, 1.82) is 0 Å². The van der Waals surface area contributed by atoms with Gasteiger partial charge < -0.3 is 5.32 Å². The molecule has 4 nitrogen and oxygen atoms in total. The molecule has 1 aliphatic heterocycles. The van der Waals surface area contributed by atoms with Gasteiger partial charge in [-0.05, 0) is 24.6 Å². The van der Waals surface area contributed by atoms with Crippen molar-refractivity contribution >= 4 is 33.2 Å². The lowest BCUT2D eigenvalue weighted by Gasteiger charge is -2.08. The summed E-state index contributed by atoms with van der Waals surface area (Å²) in [6, 6.07) is 5.66. The fourth-order valence-electron chi connectivity index (χ4n) is 1.85. The van der Waals surface area contributed by atoms with E-state index in [1.54, 1.807) is 6.07 Å². The topological polar surface area (TPSA) is 63.2 Å². The van der Waals surface area contributed by atoms with E-state index in [0.717, 1.165) is 0 Å². The minimum atomic E-state index is -2.91. The molecule has 0 radical (unpaired) electrons. The zero-order valence-corrected chi connectivity index (χ0v) is 11.8. The Kier molecular flexibility index (Phi) is 4.46. The maximum absolute atomic E-state index is 12.9. The Hall–Kier alpha value is -1.08. The summed E-state index contributed by atoms with van der Waals surface area (Å²) >= 11 is 1.33. The summed E-state index contributed by atoms with van der Waals surface area (Å²) in [6.45, 7) is 0. The summed E-state index contributed by atoms with van der Waals surface area (Å²) in [6.07, 6.45) is 0.597. The number of carbonyl (C=O) groups excluding carboxylic acids is 1. The van der Waals surface area contributed by atoms with Crippen LogP contribution in [-0.2, 0) is 14.6 Å². The number of anilines is 1. The smallest absolute Gasteiger partial charge is 0.234 e. The molecule has 104 valence electrons. The number of hydrogen-bond acceptors (Lipinski definition) is 4. The molecule has 0 aromatic heterocycles. The van der Waals surface area contributed by atoms with E-state index in [4.69, 9.17) is 0 Å². The fourth-order valence-corrected chi connectivity index (χ4v) is 5.29. The SMILES string of the molecule is O=C(CS[C@H]1CCS(=O)(=O)C1)Nc1cccc(F)c1. The lowest BCUT2D eigenvalue weighted by Crippen LogP contribution is -2.17. The Balaban J connectivity index is 1.79. The molecule has 0 unspecified atom stereocenters. The quantitative estimate of drug-likeness (QED) is 0.919. The average molecular weight is 303 g/mol. The van der Waals surface area contributed by atoms with E-state index in [-0.39, 0.29) is 28.4 Å². The summed E-state index contributed by atoms with van der Waals surface area (Å²) in [5.41, 5.74) is 0.407. The second-order valence-electron chi connectivity index (χ2n) is 4.39. The second kappa shape index (κ2) is 5.92. The standard InChI is InChI=1S/C12H14FNO3S2/c13-9-2-1-3-10(6-9)14-12(15)7-18-11-4-5-19(16,17)8-11/h1-3,6,11H,4-5,7-8H2,(H,14,15)/t11-/m0/s1. The zero-order valence-electron chi connectivity index (χ0n) is 10.1. The number of rotatable bonds is 4. The van der Waals surface area contributed by atoms with E-state index >= 15 is 0 Å². The van der Waals surface area contributed by atoms with E-state index in [1.165, 1.54) is 30.0 Å². The molecule has 1 aliphatic rings. The van der Waals surface area contributed by atoms with Crippen molar-refractivity contribution in [2.75, 3.05) is 22.6 Å². The number of sulfone groups is 1. The Morgan fingerprint density at radius 2 is 2.26 bits per heavy atom. The monoisotopic (exact) mass is 303 g/mol. The van der Waals surface area contributed by atoms with Crippen LogP contribution in [0.15, 0.2) is 24.3 Å². The second-order valence-corrected chi connectivity index (χ2v) is 7.91. The Morgan fingerprint density at radius 3 is 2.89 bits per heavy atom. The molecule has 1 aromatic carbocycles. The molecule has 1 N–H and O–H groups in total. The molecular formula is C12H14FNO3S2. The molecule has 2 rings (SSSR count). The van der Waals surface area contributed by atoms with E-state index in [9.17, 15) is 17.6 Å². The average Bonchev–Trinajstić information content (AvgIpc) is 2.66. The molecular weight excluding hydrogens is 289 g/mol. The molecule has 1 heterocycles. The van der Waals surface area contributed by atoms with Gasteiger partial charge in [-0.1, -0.05) is 6.07 Å². The summed E-state index contributed by atoms with van der Waals surface area (Å²) in [5, 5.41) is 2.57. The van der Waals surface area contributed by atoms with Gasteiger partial charge in [-0.2, -0.15) is 0 Å². The third-order valence-electron chi connectivity index (χ3n) is 2.75. The van der Waals surface area contributed by atoms with Crippen molar-refractivity contribution in [3.63, 3.8) is 0 Å². The molecule has 0 saturated carbocycles. The van der Waals surface area contributed by atoms with Crippen LogP contribution in [0.3, 0.4) is 0 Å². The van der Waals surface area contributed by atoms with Gasteiger partial charge in [0.25, 0.3) is 0 Å². The molecule has 1 amide bonds. The van der Waals surface area contributed by atoms with Crippen LogP contribution in [0.2, 0.25) is 0 Å². The highest BCUT2D eigenvalue weighted by Gasteiger charge is 2.28. The predicted molar refractivity (Wildman–Crippen MR) is 74.5 cm³/mol. The third kappa shape index (κ3) is 4.50. The predicted octanol–water partition coefficient (Wildman–Crippen LogP) is 1.68. The van der Waals surface area contributed by atoms with Gasteiger partial charge in [0.05, 0.1) is 17.3 Å². The molecule has 1 atom stereocenters. The third-order valence-corrected chi connectivity index (χ3v) is 6.03. The Bertz CT molecular complexity index is 574. The zero-order chi connectivity index (χ0) is 13.9. The van der Waals surface area contributed by atoms with Crippen molar-refractivity contribution in [1.82, 2.24) is 0 Å². The van der Waals surface area contributed by atoms with Crippen LogP contribution < -0.4 is 5.32 Å². The lowest BCUT2D eigenvalue weighted by molar-refractivity contribution is -0.113. The van der Waals surface area contributed by atoms with Crippen LogP contribution in [-0.4, -0.2) is 36.8 Å². The van der Waals surface area contributed by atoms with Crippen LogP contribution in [0.5, 0.6) is 0 Å². The van der Waals surface area contributed by atoms with Crippen LogP contribution in [0, 0.1) is 5.82 Å². The normalized spacial score (nSPS) is 21.2. The Labute approximate surface area is 115 Å². The first kappa shape index (κ1) is 14.3. The number of amides is 1. The van der Waals surface area contributed by atoms with Gasteiger partial charge in [-0.3, -0.25) is 4.79 Å². The van der Waals surface area contributed by atoms with Crippen molar-refractivity contribution < 1.29 is 17.6 Å². The molecule has 1 aromatic rings. The number of benzene rings is 1. The van der Waals surface area contributed by atoms with E-state index in [2.05, 4.69) is 5.32 Å². The lowest BCUT2D eigenvalue weighted by atomic mass is 10.3. The van der Waals surface area contributed by atoms with Crippen LogP contribution in [0.1, 0.15) is 6.42 Å². The summed E-state index contributed by atoms with van der Waals surface area (Å²) in [7, 11) is -2.91. The largest absolute Gasteiger partial charge is 0.325 e. The summed E-state index contributed by atoms with van der Waals surface area (Å²) < 4.78 is 35.4. The first-order chi connectivity index (χ1) is 8.94. The molecule has 7 heteroatoms. The number of nitrogens with one attached hydrogen (secondary N) is 1. The van der Waals surface area contributed by atoms with Gasteiger partial charge in [0.2, 0.25) is 5.91 Å². The minimum absolute atomic E-state index is 0.0109. The number of thioether (sulfide) groups is 1.